The highest BCUT2D eigenvalue weighted by molar-refractivity contribution is 5.66. The summed E-state index contributed by atoms with van der Waals surface area (Å²) >= 11 is 0. The van der Waals surface area contributed by atoms with Gasteiger partial charge in [-0.25, -0.2) is 4.98 Å². The molecule has 2 heteroatoms. The highest BCUT2D eigenvalue weighted by atomic mass is 15.0. The van der Waals surface area contributed by atoms with Gasteiger partial charge in [0.2, 0.25) is 0 Å². The molecule has 0 fully saturated rings. The lowest BCUT2D eigenvalue weighted by Crippen LogP contribution is -2.10. The molecule has 0 spiro atoms. The maximum absolute atomic E-state index is 4.74. The Labute approximate surface area is 120 Å². The van der Waals surface area contributed by atoms with Crippen molar-refractivity contribution in [2.75, 3.05) is 0 Å². The van der Waals surface area contributed by atoms with Gasteiger partial charge in [-0.1, -0.05) is 51.1 Å². The number of pyridine rings is 1. The van der Waals surface area contributed by atoms with Crippen LogP contribution in [0.5, 0.6) is 0 Å². The molecule has 2 nitrogen and oxygen atoms in total. The summed E-state index contributed by atoms with van der Waals surface area (Å²) in [6, 6.07) is 14.9. The Bertz CT molecular complexity index is 743. The number of imidazole rings is 1. The molecule has 3 rings (SSSR count). The monoisotopic (exact) mass is 264 g/mol. The summed E-state index contributed by atoms with van der Waals surface area (Å²) in [7, 11) is 0. The number of nitrogens with zero attached hydrogens (tertiary/aromatic N) is 2. The molecule has 0 atom stereocenters. The zero-order valence-corrected chi connectivity index (χ0v) is 12.5. The molecule has 0 bridgehead atoms. The third-order valence-corrected chi connectivity index (χ3v) is 3.79. The lowest BCUT2D eigenvalue weighted by atomic mass is 9.86. The second-order valence-corrected chi connectivity index (χ2v) is 6.30. The maximum atomic E-state index is 4.74. The SMILES string of the molecule is Cc1c(-c2ccc(C(C)(C)C)cc2)nc2ccccn12. The molecule has 0 saturated carbocycles. The Morgan fingerprint density at radius 3 is 2.25 bits per heavy atom. The van der Waals surface area contributed by atoms with Gasteiger partial charge in [0.25, 0.3) is 0 Å². The Balaban J connectivity index is 2.09. The van der Waals surface area contributed by atoms with Crippen LogP contribution in [0.2, 0.25) is 0 Å². The quantitative estimate of drug-likeness (QED) is 0.627. The van der Waals surface area contributed by atoms with Gasteiger partial charge in [0.1, 0.15) is 5.65 Å². The molecule has 1 aromatic carbocycles. The number of aryl methyl sites for hydroxylation is 1. The van der Waals surface area contributed by atoms with Crippen LogP contribution in [0.4, 0.5) is 0 Å². The van der Waals surface area contributed by atoms with Crippen LogP contribution in [0, 0.1) is 6.92 Å². The standard InChI is InChI=1S/C18H20N2/c1-13-17(19-16-7-5-6-12-20(13)16)14-8-10-15(11-9-14)18(2,3)4/h5-12H,1-4H3. The first-order chi connectivity index (χ1) is 9.47. The van der Waals surface area contributed by atoms with Crippen molar-refractivity contribution in [2.45, 2.75) is 33.1 Å². The van der Waals surface area contributed by atoms with E-state index in [2.05, 4.69) is 62.6 Å². The first-order valence-corrected chi connectivity index (χ1v) is 7.01. The van der Waals surface area contributed by atoms with Crippen LogP contribution >= 0.6 is 0 Å². The predicted octanol–water partition coefficient (Wildman–Crippen LogP) is 4.61. The van der Waals surface area contributed by atoms with Gasteiger partial charge < -0.3 is 4.40 Å². The highest BCUT2D eigenvalue weighted by Gasteiger charge is 2.14. The van der Waals surface area contributed by atoms with Crippen LogP contribution in [-0.2, 0) is 5.41 Å². The molecule has 3 aromatic rings. The zero-order chi connectivity index (χ0) is 14.3. The second-order valence-electron chi connectivity index (χ2n) is 6.30. The maximum Gasteiger partial charge on any atom is 0.137 e. The van der Waals surface area contributed by atoms with Crippen molar-refractivity contribution in [3.05, 3.63) is 59.9 Å². The van der Waals surface area contributed by atoms with Gasteiger partial charge in [0.15, 0.2) is 0 Å². The summed E-state index contributed by atoms with van der Waals surface area (Å²) in [5.41, 5.74) is 5.97. The van der Waals surface area contributed by atoms with E-state index in [-0.39, 0.29) is 5.41 Å². The fourth-order valence-electron chi connectivity index (χ4n) is 2.52. The predicted molar refractivity (Wildman–Crippen MR) is 84.1 cm³/mol. The summed E-state index contributed by atoms with van der Waals surface area (Å²) in [6.07, 6.45) is 2.06. The first-order valence-electron chi connectivity index (χ1n) is 7.01. The Morgan fingerprint density at radius 2 is 1.65 bits per heavy atom. The summed E-state index contributed by atoms with van der Waals surface area (Å²) in [6.45, 7) is 8.82. The number of aromatic nitrogens is 2. The second kappa shape index (κ2) is 4.48. The first kappa shape index (κ1) is 12.9. The van der Waals surface area contributed by atoms with Gasteiger partial charge in [-0.2, -0.15) is 0 Å². The van der Waals surface area contributed by atoms with Crippen molar-refractivity contribution in [2.24, 2.45) is 0 Å². The van der Waals surface area contributed by atoms with E-state index in [0.717, 1.165) is 11.3 Å². The minimum atomic E-state index is 0.187. The molecule has 0 aliphatic rings. The lowest BCUT2D eigenvalue weighted by molar-refractivity contribution is 0.590. The average molecular weight is 264 g/mol. The molecule has 0 amide bonds. The van der Waals surface area contributed by atoms with Crippen LogP contribution in [0.1, 0.15) is 32.0 Å². The topological polar surface area (TPSA) is 17.3 Å². The van der Waals surface area contributed by atoms with Crippen LogP contribution in [0.25, 0.3) is 16.9 Å². The normalized spacial score (nSPS) is 12.0. The molecule has 2 aromatic heterocycles. The van der Waals surface area contributed by atoms with E-state index < -0.39 is 0 Å². The Kier molecular flexibility index (Phi) is 2.89. The van der Waals surface area contributed by atoms with Crippen molar-refractivity contribution >= 4 is 5.65 Å². The van der Waals surface area contributed by atoms with Gasteiger partial charge in [-0.3, -0.25) is 0 Å². The van der Waals surface area contributed by atoms with Gasteiger partial charge in [0, 0.05) is 17.5 Å². The molecule has 0 saturated heterocycles. The minimum absolute atomic E-state index is 0.187. The van der Waals surface area contributed by atoms with Crippen molar-refractivity contribution in [3.8, 4) is 11.3 Å². The van der Waals surface area contributed by atoms with Crippen LogP contribution < -0.4 is 0 Å². The lowest BCUT2D eigenvalue weighted by Gasteiger charge is -2.19. The summed E-state index contributed by atoms with van der Waals surface area (Å²) in [4.78, 5) is 4.74. The van der Waals surface area contributed by atoms with Crippen molar-refractivity contribution in [3.63, 3.8) is 0 Å². The molecule has 20 heavy (non-hydrogen) atoms. The van der Waals surface area contributed by atoms with Crippen molar-refractivity contribution in [1.29, 1.82) is 0 Å². The largest absolute Gasteiger partial charge is 0.304 e. The van der Waals surface area contributed by atoms with E-state index in [0.29, 0.717) is 0 Å². The molecular formula is C18H20N2. The molecule has 0 aliphatic carbocycles. The van der Waals surface area contributed by atoms with E-state index in [1.807, 2.05) is 18.2 Å². The summed E-state index contributed by atoms with van der Waals surface area (Å²) in [5.74, 6) is 0. The van der Waals surface area contributed by atoms with Crippen molar-refractivity contribution in [1.82, 2.24) is 9.38 Å². The van der Waals surface area contributed by atoms with Gasteiger partial charge in [-0.05, 0) is 30.0 Å². The highest BCUT2D eigenvalue weighted by Crippen LogP contribution is 2.27. The van der Waals surface area contributed by atoms with E-state index in [1.165, 1.54) is 16.8 Å². The van der Waals surface area contributed by atoms with Gasteiger partial charge >= 0.3 is 0 Å². The van der Waals surface area contributed by atoms with Crippen LogP contribution in [-0.4, -0.2) is 9.38 Å². The summed E-state index contributed by atoms with van der Waals surface area (Å²) < 4.78 is 2.13. The van der Waals surface area contributed by atoms with Gasteiger partial charge in [0.05, 0.1) is 5.69 Å². The molecule has 0 aliphatic heterocycles. The molecule has 0 radical (unpaired) electrons. The Morgan fingerprint density at radius 1 is 0.950 bits per heavy atom. The van der Waals surface area contributed by atoms with E-state index in [9.17, 15) is 0 Å². The third kappa shape index (κ3) is 2.11. The minimum Gasteiger partial charge on any atom is -0.304 e. The number of fused-ring (bicyclic) bond motifs is 1. The van der Waals surface area contributed by atoms with Crippen molar-refractivity contribution < 1.29 is 0 Å². The third-order valence-electron chi connectivity index (χ3n) is 3.79. The van der Waals surface area contributed by atoms with Gasteiger partial charge in [-0.15, -0.1) is 0 Å². The number of hydrogen-bond acceptors (Lipinski definition) is 1. The fraction of sp³-hybridized carbons (Fsp3) is 0.278. The molecule has 0 N–H and O–H groups in total. The fourth-order valence-corrected chi connectivity index (χ4v) is 2.52. The number of hydrogen-bond donors (Lipinski definition) is 0. The van der Waals surface area contributed by atoms with Crippen LogP contribution in [0.15, 0.2) is 48.7 Å². The van der Waals surface area contributed by atoms with Crippen LogP contribution in [0.3, 0.4) is 0 Å². The molecule has 0 unspecified atom stereocenters. The number of rotatable bonds is 1. The average Bonchev–Trinajstić information content (AvgIpc) is 2.76. The molecular weight excluding hydrogens is 244 g/mol. The smallest absolute Gasteiger partial charge is 0.137 e. The Hall–Kier alpha value is -2.09. The summed E-state index contributed by atoms with van der Waals surface area (Å²) in [5, 5.41) is 0. The molecule has 2 heterocycles. The zero-order valence-electron chi connectivity index (χ0n) is 12.5. The number of benzene rings is 1. The van der Waals surface area contributed by atoms with E-state index in [1.54, 1.807) is 0 Å². The van der Waals surface area contributed by atoms with E-state index >= 15 is 0 Å². The molecule has 102 valence electrons. The van der Waals surface area contributed by atoms with E-state index in [4.69, 9.17) is 4.98 Å².